The van der Waals surface area contributed by atoms with Crippen molar-refractivity contribution in [1.29, 1.82) is 0 Å². The van der Waals surface area contributed by atoms with Crippen LogP contribution in [-0.2, 0) is 0 Å². The van der Waals surface area contributed by atoms with Gasteiger partial charge in [0, 0.05) is 18.8 Å². The van der Waals surface area contributed by atoms with E-state index in [1.165, 1.54) is 13.1 Å². The Bertz CT molecular complexity index is 308. The summed E-state index contributed by atoms with van der Waals surface area (Å²) in [5.74, 6) is -0.269. The number of rotatable bonds is 0. The van der Waals surface area contributed by atoms with Gasteiger partial charge in [-0.2, -0.15) is 0 Å². The lowest BCUT2D eigenvalue weighted by atomic mass is 10.5. The van der Waals surface area contributed by atoms with E-state index < -0.39 is 0 Å². The highest BCUT2D eigenvalue weighted by atomic mass is 16.2. The molecule has 1 N–H and O–H groups in total. The van der Waals surface area contributed by atoms with Crippen molar-refractivity contribution in [3.05, 3.63) is 22.4 Å². The van der Waals surface area contributed by atoms with Crippen LogP contribution in [0.4, 0.5) is 0 Å². The van der Waals surface area contributed by atoms with Crippen molar-refractivity contribution in [2.75, 3.05) is 0 Å². The molecule has 1 heterocycles. The molecule has 0 aliphatic rings. The fourth-order valence-corrected chi connectivity index (χ4v) is 0.747. The molecule has 0 aliphatic carbocycles. The number of hydrogen-bond acceptors (Lipinski definition) is 2. The van der Waals surface area contributed by atoms with Gasteiger partial charge >= 0.3 is 5.69 Å². The number of aromatic nitrogens is 2. The quantitative estimate of drug-likeness (QED) is 0.557. The van der Waals surface area contributed by atoms with Gasteiger partial charge in [0.25, 0.3) is 0 Å². The highest BCUT2D eigenvalue weighted by Crippen LogP contribution is 1.86. The lowest BCUT2D eigenvalue weighted by Gasteiger charge is -1.87. The Hall–Kier alpha value is -1.32. The van der Waals surface area contributed by atoms with Gasteiger partial charge in [-0.15, -0.1) is 0 Å². The number of nitrogens with zero attached hydrogens (tertiary/aromatic N) is 1. The van der Waals surface area contributed by atoms with Gasteiger partial charge in [0.2, 0.25) is 5.91 Å². The van der Waals surface area contributed by atoms with Gasteiger partial charge in [0.1, 0.15) is 0 Å². The maximum atomic E-state index is 10.8. The number of carbonyl (C=O) groups is 1. The second-order valence-corrected chi connectivity index (χ2v) is 2.13. The molecule has 10 heavy (non-hydrogen) atoms. The van der Waals surface area contributed by atoms with Crippen LogP contribution in [0.1, 0.15) is 17.4 Å². The van der Waals surface area contributed by atoms with Crippen molar-refractivity contribution in [1.82, 2.24) is 9.55 Å². The molecular formula is C6H8N2O2. The van der Waals surface area contributed by atoms with Crippen molar-refractivity contribution < 1.29 is 4.79 Å². The summed E-state index contributed by atoms with van der Waals surface area (Å²) >= 11 is 0. The predicted octanol–water partition coefficient (Wildman–Crippen LogP) is 0.145. The van der Waals surface area contributed by atoms with E-state index in [2.05, 4.69) is 4.98 Å². The van der Waals surface area contributed by atoms with Crippen LogP contribution in [-0.4, -0.2) is 15.5 Å². The Balaban J connectivity index is 3.29. The first-order valence-electron chi connectivity index (χ1n) is 2.90. The van der Waals surface area contributed by atoms with E-state index in [0.29, 0.717) is 5.69 Å². The summed E-state index contributed by atoms with van der Waals surface area (Å²) in [5.41, 5.74) is 0.324. The first kappa shape index (κ1) is 6.80. The fraction of sp³-hybridized carbons (Fsp3) is 0.333. The molecule has 4 nitrogen and oxygen atoms in total. The van der Waals surface area contributed by atoms with E-state index in [0.717, 1.165) is 4.57 Å². The van der Waals surface area contributed by atoms with Gasteiger partial charge in [0.15, 0.2) is 0 Å². The van der Waals surface area contributed by atoms with Crippen LogP contribution in [0.2, 0.25) is 0 Å². The predicted molar refractivity (Wildman–Crippen MR) is 36.1 cm³/mol. The SMILES string of the molecule is CC(=O)n1cc(C)[nH]c1=O. The summed E-state index contributed by atoms with van der Waals surface area (Å²) in [7, 11) is 0. The number of hydrogen-bond donors (Lipinski definition) is 1. The molecule has 1 aromatic heterocycles. The average Bonchev–Trinajstić information content (AvgIpc) is 2.10. The van der Waals surface area contributed by atoms with Crippen molar-refractivity contribution >= 4 is 5.91 Å². The summed E-state index contributed by atoms with van der Waals surface area (Å²) in [6, 6.07) is 0. The third-order valence-corrected chi connectivity index (χ3v) is 1.18. The molecule has 1 rings (SSSR count). The standard InChI is InChI=1S/C6H8N2O2/c1-4-3-8(5(2)9)6(10)7-4/h3H,1-2H3,(H,7,10). The summed E-state index contributed by atoms with van der Waals surface area (Å²) in [6.45, 7) is 3.06. The van der Waals surface area contributed by atoms with E-state index in [4.69, 9.17) is 0 Å². The summed E-state index contributed by atoms with van der Waals surface area (Å²) in [4.78, 5) is 23.9. The van der Waals surface area contributed by atoms with Crippen molar-refractivity contribution in [2.45, 2.75) is 13.8 Å². The Kier molecular flexibility index (Phi) is 1.45. The second-order valence-electron chi connectivity index (χ2n) is 2.13. The van der Waals surface area contributed by atoms with Crippen LogP contribution >= 0.6 is 0 Å². The largest absolute Gasteiger partial charge is 0.332 e. The second kappa shape index (κ2) is 2.13. The molecule has 0 amide bonds. The maximum Gasteiger partial charge on any atom is 0.332 e. The summed E-state index contributed by atoms with van der Waals surface area (Å²) in [6.07, 6.45) is 1.48. The Morgan fingerprint density at radius 1 is 1.70 bits per heavy atom. The van der Waals surface area contributed by atoms with Crippen LogP contribution in [0.5, 0.6) is 0 Å². The lowest BCUT2D eigenvalue weighted by molar-refractivity contribution is 0.0932. The number of H-pyrrole nitrogens is 1. The van der Waals surface area contributed by atoms with Crippen LogP contribution in [0.15, 0.2) is 11.0 Å². The van der Waals surface area contributed by atoms with Gasteiger partial charge in [-0.25, -0.2) is 9.36 Å². The molecule has 0 saturated carbocycles. The van der Waals surface area contributed by atoms with Gasteiger partial charge in [-0.1, -0.05) is 0 Å². The number of carbonyl (C=O) groups excluding carboxylic acids is 1. The van der Waals surface area contributed by atoms with Crippen molar-refractivity contribution in [3.63, 3.8) is 0 Å². The van der Waals surface area contributed by atoms with Gasteiger partial charge < -0.3 is 4.98 Å². The first-order chi connectivity index (χ1) is 4.61. The highest BCUT2D eigenvalue weighted by Gasteiger charge is 2.01. The van der Waals surface area contributed by atoms with Crippen molar-refractivity contribution in [3.8, 4) is 0 Å². The van der Waals surface area contributed by atoms with Gasteiger partial charge in [-0.05, 0) is 6.92 Å². The van der Waals surface area contributed by atoms with E-state index in [-0.39, 0.29) is 11.6 Å². The first-order valence-corrected chi connectivity index (χ1v) is 2.90. The monoisotopic (exact) mass is 140 g/mol. The average molecular weight is 140 g/mol. The molecule has 0 fully saturated rings. The van der Waals surface area contributed by atoms with E-state index >= 15 is 0 Å². The highest BCUT2D eigenvalue weighted by molar-refractivity contribution is 5.75. The minimum Gasteiger partial charge on any atom is -0.310 e. The molecule has 0 unspecified atom stereocenters. The summed E-state index contributed by atoms with van der Waals surface area (Å²) < 4.78 is 1.04. The lowest BCUT2D eigenvalue weighted by Crippen LogP contribution is -2.20. The molecule has 0 spiro atoms. The van der Waals surface area contributed by atoms with Crippen LogP contribution in [0, 0.1) is 6.92 Å². The van der Waals surface area contributed by atoms with Crippen molar-refractivity contribution in [2.24, 2.45) is 0 Å². The topological polar surface area (TPSA) is 54.9 Å². The minimum atomic E-state index is -0.370. The molecule has 0 aromatic carbocycles. The Morgan fingerprint density at radius 2 is 2.30 bits per heavy atom. The van der Waals surface area contributed by atoms with Gasteiger partial charge in [0.05, 0.1) is 0 Å². The van der Waals surface area contributed by atoms with Crippen LogP contribution < -0.4 is 5.69 Å². The smallest absolute Gasteiger partial charge is 0.310 e. The molecule has 0 atom stereocenters. The number of imidazole rings is 1. The Morgan fingerprint density at radius 3 is 2.50 bits per heavy atom. The molecule has 0 aliphatic heterocycles. The van der Waals surface area contributed by atoms with E-state index in [9.17, 15) is 9.59 Å². The zero-order valence-corrected chi connectivity index (χ0v) is 5.84. The van der Waals surface area contributed by atoms with Crippen LogP contribution in [0.25, 0.3) is 0 Å². The summed E-state index contributed by atoms with van der Waals surface area (Å²) in [5, 5.41) is 0. The molecule has 0 saturated heterocycles. The fourth-order valence-electron chi connectivity index (χ4n) is 0.747. The van der Waals surface area contributed by atoms with Crippen LogP contribution in [0.3, 0.4) is 0 Å². The molecular weight excluding hydrogens is 132 g/mol. The third-order valence-electron chi connectivity index (χ3n) is 1.18. The minimum absolute atomic E-state index is 0.269. The zero-order valence-electron chi connectivity index (χ0n) is 5.84. The normalized spacial score (nSPS) is 9.80. The zero-order chi connectivity index (χ0) is 7.72. The Labute approximate surface area is 57.5 Å². The van der Waals surface area contributed by atoms with E-state index in [1.54, 1.807) is 6.92 Å². The van der Waals surface area contributed by atoms with Gasteiger partial charge in [-0.3, -0.25) is 4.79 Å². The molecule has 54 valence electrons. The number of nitrogens with one attached hydrogen (secondary N) is 1. The molecule has 0 radical (unpaired) electrons. The number of aryl methyl sites for hydroxylation is 1. The molecule has 1 aromatic rings. The molecule has 4 heteroatoms. The number of aromatic amines is 1. The third kappa shape index (κ3) is 1.00. The molecule has 0 bridgehead atoms. The maximum absolute atomic E-state index is 10.8. The van der Waals surface area contributed by atoms with E-state index in [1.807, 2.05) is 0 Å².